The van der Waals surface area contributed by atoms with E-state index in [1.165, 1.54) is 15.8 Å². The van der Waals surface area contributed by atoms with Crippen LogP contribution in [0.15, 0.2) is 44.5 Å². The van der Waals surface area contributed by atoms with Gasteiger partial charge in [0.05, 0.1) is 0 Å². The van der Waals surface area contributed by atoms with Crippen molar-refractivity contribution in [2.24, 2.45) is 5.92 Å². The molecule has 2 heteroatoms. The summed E-state index contributed by atoms with van der Waals surface area (Å²) in [5.41, 5.74) is 4.69. The van der Waals surface area contributed by atoms with E-state index < -0.39 is 0 Å². The van der Waals surface area contributed by atoms with Crippen molar-refractivity contribution >= 4 is 10.2 Å². The molecule has 0 aromatic carbocycles. The van der Waals surface area contributed by atoms with Gasteiger partial charge in [0, 0.05) is 10.2 Å². The summed E-state index contributed by atoms with van der Waals surface area (Å²) < 4.78 is 2.00. The van der Waals surface area contributed by atoms with Gasteiger partial charge in [-0.25, -0.2) is 0 Å². The Morgan fingerprint density at radius 1 is 1.12 bits per heavy atom. The van der Waals surface area contributed by atoms with Crippen molar-refractivity contribution in [3.8, 4) is 0 Å². The standard InChI is InChI=1S/C9H16Si.C5H7.Ti/c1-5-6(2)8(4)9(10)7(5)3;1-3-5-4-2;/h7H,1-4,10H3;1,3-5H,2H3;. The monoisotopic (exact) mass is 267 g/mol. The Hall–Kier alpha value is -0.109. The summed E-state index contributed by atoms with van der Waals surface area (Å²) in [4.78, 5) is 0. The van der Waals surface area contributed by atoms with E-state index in [2.05, 4.69) is 27.7 Å². The second-order valence-electron chi connectivity index (χ2n) is 4.22. The Morgan fingerprint density at radius 2 is 1.69 bits per heavy atom. The molecular formula is C14H23SiTi. The summed E-state index contributed by atoms with van der Waals surface area (Å²) in [6.45, 7) is 11.1. The predicted molar refractivity (Wildman–Crippen MR) is 74.1 cm³/mol. The molecule has 0 nitrogen and oxygen atoms in total. The first-order chi connectivity index (χ1) is 7.47. The van der Waals surface area contributed by atoms with Crippen molar-refractivity contribution < 1.29 is 20.4 Å². The zero-order chi connectivity index (χ0) is 12.7. The maximum absolute atomic E-state index is 2.32. The van der Waals surface area contributed by atoms with Gasteiger partial charge in [0.15, 0.2) is 0 Å². The first kappa shape index (κ1) is 15.9. The average molecular weight is 267 g/mol. The van der Waals surface area contributed by atoms with Gasteiger partial charge in [0.25, 0.3) is 0 Å². The van der Waals surface area contributed by atoms with Gasteiger partial charge in [-0.1, -0.05) is 23.3 Å². The molecule has 0 aromatic rings. The van der Waals surface area contributed by atoms with E-state index in [0.717, 1.165) is 5.92 Å². The van der Waals surface area contributed by atoms with Gasteiger partial charge in [0.1, 0.15) is 0 Å². The van der Waals surface area contributed by atoms with Gasteiger partial charge in [-0.15, -0.1) is 0 Å². The molecule has 0 fully saturated rings. The summed E-state index contributed by atoms with van der Waals surface area (Å²) in [7, 11) is 1.23. The van der Waals surface area contributed by atoms with Crippen molar-refractivity contribution in [2.45, 2.75) is 34.6 Å². The predicted octanol–water partition coefficient (Wildman–Crippen LogP) is 3.23. The number of allylic oxidation sites excluding steroid dienone is 7. The maximum atomic E-state index is 2.32. The third-order valence-corrected chi connectivity index (χ3v) is 5.36. The first-order valence-corrected chi connectivity index (χ1v) is 7.67. The molecule has 1 atom stereocenters. The molecule has 16 heavy (non-hydrogen) atoms. The van der Waals surface area contributed by atoms with Crippen molar-refractivity contribution in [3.63, 3.8) is 0 Å². The Bertz CT molecular complexity index is 312. The molecule has 0 aliphatic heterocycles. The summed E-state index contributed by atoms with van der Waals surface area (Å²) in [5.74, 6) is 0.756. The number of hydrogen-bond donors (Lipinski definition) is 0. The second-order valence-corrected chi connectivity index (χ2v) is 5.82. The van der Waals surface area contributed by atoms with Gasteiger partial charge in [-0.05, 0) is 32.3 Å². The van der Waals surface area contributed by atoms with Crippen LogP contribution in [0.3, 0.4) is 0 Å². The minimum absolute atomic E-state index is 0.756. The van der Waals surface area contributed by atoms with Crippen LogP contribution in [-0.2, 0) is 20.4 Å². The summed E-state index contributed by atoms with van der Waals surface area (Å²) in [5, 5.41) is 1.69. The fourth-order valence-corrected chi connectivity index (χ4v) is 2.71. The molecule has 87 valence electrons. The Kier molecular flexibility index (Phi) is 8.00. The van der Waals surface area contributed by atoms with Crippen LogP contribution in [0.5, 0.6) is 0 Å². The van der Waals surface area contributed by atoms with Crippen molar-refractivity contribution in [2.75, 3.05) is 0 Å². The van der Waals surface area contributed by atoms with E-state index in [-0.39, 0.29) is 0 Å². The van der Waals surface area contributed by atoms with E-state index in [4.69, 9.17) is 0 Å². The van der Waals surface area contributed by atoms with Crippen molar-refractivity contribution in [1.29, 1.82) is 0 Å². The molecule has 0 amide bonds. The molecule has 0 saturated carbocycles. The summed E-state index contributed by atoms with van der Waals surface area (Å²) in [6, 6.07) is 0. The number of hydrogen-bond acceptors (Lipinski definition) is 0. The molecule has 1 unspecified atom stereocenters. The van der Waals surface area contributed by atoms with Crippen LogP contribution in [0, 0.1) is 5.92 Å². The van der Waals surface area contributed by atoms with Crippen LogP contribution in [0.4, 0.5) is 0 Å². The molecule has 0 spiro atoms. The molecule has 0 N–H and O–H groups in total. The van der Waals surface area contributed by atoms with E-state index >= 15 is 0 Å². The normalized spacial score (nSPS) is 21.1. The van der Waals surface area contributed by atoms with E-state index in [9.17, 15) is 0 Å². The zero-order valence-electron chi connectivity index (χ0n) is 11.4. The van der Waals surface area contributed by atoms with Gasteiger partial charge < -0.3 is 0 Å². The molecule has 0 saturated heterocycles. The Labute approximate surface area is 115 Å². The molecule has 1 aliphatic carbocycles. The molecule has 0 heterocycles. The Balaban J connectivity index is 0.000000325. The van der Waals surface area contributed by atoms with Crippen LogP contribution in [-0.4, -0.2) is 10.2 Å². The third-order valence-electron chi connectivity index (χ3n) is 3.44. The van der Waals surface area contributed by atoms with Crippen LogP contribution >= 0.6 is 0 Å². The van der Waals surface area contributed by atoms with E-state index in [0.29, 0.717) is 0 Å². The first-order valence-electron chi connectivity index (χ1n) is 5.77. The van der Waals surface area contributed by atoms with Crippen LogP contribution < -0.4 is 0 Å². The van der Waals surface area contributed by atoms with Crippen molar-refractivity contribution in [3.05, 3.63) is 44.5 Å². The molecular weight excluding hydrogens is 244 g/mol. The second kappa shape index (κ2) is 8.05. The minimum atomic E-state index is 0.756. The van der Waals surface area contributed by atoms with Gasteiger partial charge in [-0.2, -0.15) is 0 Å². The SMILES string of the molecule is CC1=C(C)C(C)C([SiH3])=C1C.CC=CC=[CH][Ti]. The fraction of sp³-hybridized carbons (Fsp3) is 0.429. The molecule has 0 aromatic heterocycles. The van der Waals surface area contributed by atoms with E-state index in [1.807, 2.05) is 50.0 Å². The quantitative estimate of drug-likeness (QED) is 0.505. The average Bonchev–Trinajstić information content (AvgIpc) is 2.46. The topological polar surface area (TPSA) is 0 Å². The fourth-order valence-electron chi connectivity index (χ4n) is 1.73. The molecule has 1 rings (SSSR count). The molecule has 0 bridgehead atoms. The molecule has 0 radical (unpaired) electrons. The Morgan fingerprint density at radius 3 is 1.81 bits per heavy atom. The number of rotatable bonds is 1. The van der Waals surface area contributed by atoms with Crippen LogP contribution in [0.2, 0.25) is 0 Å². The summed E-state index contributed by atoms with van der Waals surface area (Å²) in [6.07, 6.45) is 6.00. The molecule has 1 aliphatic rings. The van der Waals surface area contributed by atoms with Gasteiger partial charge in [-0.3, -0.25) is 0 Å². The van der Waals surface area contributed by atoms with Crippen LogP contribution in [0.1, 0.15) is 34.6 Å². The van der Waals surface area contributed by atoms with Crippen LogP contribution in [0.25, 0.3) is 0 Å². The van der Waals surface area contributed by atoms with Crippen molar-refractivity contribution in [1.82, 2.24) is 0 Å². The zero-order valence-corrected chi connectivity index (χ0v) is 14.9. The van der Waals surface area contributed by atoms with E-state index in [1.54, 1.807) is 16.3 Å². The summed E-state index contributed by atoms with van der Waals surface area (Å²) >= 11 is 2.00. The van der Waals surface area contributed by atoms with Gasteiger partial charge in [0.2, 0.25) is 0 Å². The third kappa shape index (κ3) is 4.41. The van der Waals surface area contributed by atoms with Gasteiger partial charge >= 0.3 is 50.0 Å².